The van der Waals surface area contributed by atoms with Crippen LogP contribution in [0.5, 0.6) is 0 Å². The molecule has 182 valence electrons. The minimum atomic E-state index is -3.37. The van der Waals surface area contributed by atoms with Crippen LogP contribution in [0.25, 0.3) is 0 Å². The Bertz CT molecular complexity index is 441. The van der Waals surface area contributed by atoms with Crippen molar-refractivity contribution in [3.8, 4) is 0 Å². The largest absolute Gasteiger partial charge is 0.396 e. The second kappa shape index (κ2) is 16.7. The van der Waals surface area contributed by atoms with Gasteiger partial charge in [0.15, 0.2) is 0 Å². The lowest BCUT2D eigenvalue weighted by molar-refractivity contribution is 0.110. The standard InChI is InChI=1S/C24H51O5P/c1-6-23(7-2,17-14-19-25)15-10-12-20-28-21-13-11-16-24(8-3,9-4)18-22-29-30(5,26)27/h25H,6-22H2,1-5H3,(H,26,27). The molecule has 0 aromatic carbocycles. The molecule has 1 atom stereocenters. The van der Waals surface area contributed by atoms with Crippen molar-refractivity contribution in [1.29, 1.82) is 0 Å². The van der Waals surface area contributed by atoms with E-state index in [9.17, 15) is 9.46 Å². The Morgan fingerprint density at radius 2 is 1.13 bits per heavy atom. The van der Waals surface area contributed by atoms with Gasteiger partial charge in [-0.05, 0) is 55.8 Å². The summed E-state index contributed by atoms with van der Waals surface area (Å²) in [6, 6.07) is 0. The van der Waals surface area contributed by atoms with E-state index in [0.717, 1.165) is 71.0 Å². The average Bonchev–Trinajstić information content (AvgIpc) is 2.73. The second-order valence-corrected chi connectivity index (χ2v) is 11.0. The number of hydrogen-bond donors (Lipinski definition) is 2. The second-order valence-electron chi connectivity index (χ2n) is 9.15. The fourth-order valence-corrected chi connectivity index (χ4v) is 4.99. The Balaban J connectivity index is 3.99. The van der Waals surface area contributed by atoms with E-state index < -0.39 is 7.60 Å². The molecule has 0 rings (SSSR count). The van der Waals surface area contributed by atoms with E-state index in [1.165, 1.54) is 32.3 Å². The zero-order valence-corrected chi connectivity index (χ0v) is 21.5. The summed E-state index contributed by atoms with van der Waals surface area (Å²) < 4.78 is 22.3. The van der Waals surface area contributed by atoms with Gasteiger partial charge < -0.3 is 19.3 Å². The van der Waals surface area contributed by atoms with Crippen molar-refractivity contribution >= 4 is 7.60 Å². The molecule has 1 unspecified atom stereocenters. The molecule has 0 aliphatic rings. The molecule has 5 nitrogen and oxygen atoms in total. The average molecular weight is 451 g/mol. The summed E-state index contributed by atoms with van der Waals surface area (Å²) in [6.45, 7) is 12.5. The summed E-state index contributed by atoms with van der Waals surface area (Å²) in [5, 5.41) is 9.14. The fraction of sp³-hybridized carbons (Fsp3) is 1.00. The number of unbranched alkanes of at least 4 members (excludes halogenated alkanes) is 2. The Morgan fingerprint density at radius 1 is 0.700 bits per heavy atom. The maximum atomic E-state index is 11.3. The van der Waals surface area contributed by atoms with Gasteiger partial charge in [-0.3, -0.25) is 4.57 Å². The van der Waals surface area contributed by atoms with Crippen LogP contribution in [0.3, 0.4) is 0 Å². The van der Waals surface area contributed by atoms with Crippen LogP contribution in [-0.4, -0.2) is 43.1 Å². The molecule has 0 bridgehead atoms. The van der Waals surface area contributed by atoms with Crippen molar-refractivity contribution in [2.45, 2.75) is 111 Å². The van der Waals surface area contributed by atoms with Crippen molar-refractivity contribution in [3.05, 3.63) is 0 Å². The molecular formula is C24H51O5P. The first-order chi connectivity index (χ1) is 14.2. The van der Waals surface area contributed by atoms with Crippen LogP contribution in [0, 0.1) is 10.8 Å². The molecule has 30 heavy (non-hydrogen) atoms. The quantitative estimate of drug-likeness (QED) is 0.146. The predicted octanol–water partition coefficient (Wildman–Crippen LogP) is 6.95. The lowest BCUT2D eigenvalue weighted by atomic mass is 9.74. The zero-order valence-electron chi connectivity index (χ0n) is 20.6. The lowest BCUT2D eigenvalue weighted by Crippen LogP contribution is -2.21. The first kappa shape index (κ1) is 30.1. The molecule has 0 saturated heterocycles. The third-order valence-electron chi connectivity index (χ3n) is 7.32. The van der Waals surface area contributed by atoms with Crippen molar-refractivity contribution in [2.24, 2.45) is 10.8 Å². The van der Waals surface area contributed by atoms with Gasteiger partial charge in [0.05, 0.1) is 6.61 Å². The monoisotopic (exact) mass is 450 g/mol. The summed E-state index contributed by atoms with van der Waals surface area (Å²) in [5.41, 5.74) is 0.602. The van der Waals surface area contributed by atoms with Gasteiger partial charge in [-0.15, -0.1) is 0 Å². The Kier molecular flexibility index (Phi) is 16.7. The number of ether oxygens (including phenoxy) is 1. The van der Waals surface area contributed by atoms with Crippen LogP contribution in [0.2, 0.25) is 0 Å². The van der Waals surface area contributed by atoms with Crippen molar-refractivity contribution in [3.63, 3.8) is 0 Å². The van der Waals surface area contributed by atoms with Gasteiger partial charge in [-0.2, -0.15) is 0 Å². The smallest absolute Gasteiger partial charge is 0.325 e. The summed E-state index contributed by atoms with van der Waals surface area (Å²) in [7, 11) is -3.37. The van der Waals surface area contributed by atoms with Crippen molar-refractivity contribution in [2.75, 3.05) is 33.1 Å². The number of hydrogen-bond acceptors (Lipinski definition) is 4. The third kappa shape index (κ3) is 13.5. The molecule has 0 fully saturated rings. The SMILES string of the molecule is CCC(CC)(CCCO)CCCCOCCCCC(CC)(CC)CCOP(C)(=O)O. The first-order valence-corrected chi connectivity index (χ1v) is 14.4. The minimum absolute atomic E-state index is 0.202. The summed E-state index contributed by atoms with van der Waals surface area (Å²) in [6.07, 6.45) is 14.3. The van der Waals surface area contributed by atoms with Gasteiger partial charge in [0.2, 0.25) is 0 Å². The molecule has 0 radical (unpaired) electrons. The molecule has 6 heteroatoms. The van der Waals surface area contributed by atoms with Gasteiger partial charge in [-0.1, -0.05) is 66.2 Å². The highest BCUT2D eigenvalue weighted by Gasteiger charge is 2.26. The zero-order chi connectivity index (χ0) is 22.9. The van der Waals surface area contributed by atoms with E-state index in [2.05, 4.69) is 27.7 Å². The maximum absolute atomic E-state index is 11.3. The third-order valence-corrected chi connectivity index (χ3v) is 7.98. The maximum Gasteiger partial charge on any atom is 0.325 e. The summed E-state index contributed by atoms with van der Waals surface area (Å²) in [5.74, 6) is 0. The highest BCUT2D eigenvalue weighted by atomic mass is 31.2. The molecule has 0 aromatic rings. The molecule has 2 N–H and O–H groups in total. The fourth-order valence-electron chi connectivity index (χ4n) is 4.56. The van der Waals surface area contributed by atoms with E-state index in [0.29, 0.717) is 18.6 Å². The van der Waals surface area contributed by atoms with Gasteiger partial charge in [0.25, 0.3) is 0 Å². The summed E-state index contributed by atoms with van der Waals surface area (Å²) in [4.78, 5) is 9.31. The molecular weight excluding hydrogens is 399 g/mol. The Hall–Kier alpha value is 0.0700. The van der Waals surface area contributed by atoms with Crippen LogP contribution in [-0.2, 0) is 13.8 Å². The highest BCUT2D eigenvalue weighted by Crippen LogP contribution is 2.41. The van der Waals surface area contributed by atoms with E-state index in [1.54, 1.807) is 0 Å². The number of rotatable bonds is 21. The molecule has 0 aliphatic heterocycles. The topological polar surface area (TPSA) is 76.0 Å². The van der Waals surface area contributed by atoms with Crippen LogP contribution >= 0.6 is 7.60 Å². The highest BCUT2D eigenvalue weighted by molar-refractivity contribution is 7.51. The number of aliphatic hydroxyl groups excluding tert-OH is 1. The molecule has 0 saturated carbocycles. The van der Waals surface area contributed by atoms with E-state index >= 15 is 0 Å². The van der Waals surface area contributed by atoms with Crippen LogP contribution in [0.4, 0.5) is 0 Å². The first-order valence-electron chi connectivity index (χ1n) is 12.4. The number of aliphatic hydroxyl groups is 1. The van der Waals surface area contributed by atoms with E-state index in [-0.39, 0.29) is 5.41 Å². The van der Waals surface area contributed by atoms with Crippen molar-refractivity contribution in [1.82, 2.24) is 0 Å². The molecule has 0 heterocycles. The van der Waals surface area contributed by atoms with Crippen molar-refractivity contribution < 1.29 is 23.8 Å². The van der Waals surface area contributed by atoms with Gasteiger partial charge in [0.1, 0.15) is 0 Å². The van der Waals surface area contributed by atoms with Crippen LogP contribution in [0.1, 0.15) is 111 Å². The van der Waals surface area contributed by atoms with E-state index in [4.69, 9.17) is 14.4 Å². The Morgan fingerprint density at radius 3 is 1.53 bits per heavy atom. The van der Waals surface area contributed by atoms with Gasteiger partial charge in [0, 0.05) is 26.5 Å². The summed E-state index contributed by atoms with van der Waals surface area (Å²) >= 11 is 0. The molecule has 0 aromatic heterocycles. The predicted molar refractivity (Wildman–Crippen MR) is 127 cm³/mol. The van der Waals surface area contributed by atoms with E-state index in [1.807, 2.05) is 0 Å². The van der Waals surface area contributed by atoms with Crippen LogP contribution in [0.15, 0.2) is 0 Å². The molecule has 0 aliphatic carbocycles. The van der Waals surface area contributed by atoms with Gasteiger partial charge >= 0.3 is 7.60 Å². The molecule has 0 amide bonds. The van der Waals surface area contributed by atoms with Crippen LogP contribution < -0.4 is 0 Å². The Labute approximate surface area is 186 Å². The molecule has 0 spiro atoms. The lowest BCUT2D eigenvalue weighted by Gasteiger charge is -2.32. The normalized spacial score (nSPS) is 14.8. The minimum Gasteiger partial charge on any atom is -0.396 e. The van der Waals surface area contributed by atoms with Gasteiger partial charge in [-0.25, -0.2) is 0 Å².